The van der Waals surface area contributed by atoms with Gasteiger partial charge in [0.1, 0.15) is 5.82 Å². The highest BCUT2D eigenvalue weighted by molar-refractivity contribution is 5.83. The molecule has 0 unspecified atom stereocenters. The minimum atomic E-state index is -0.115. The van der Waals surface area contributed by atoms with E-state index in [-0.39, 0.29) is 24.7 Å². The van der Waals surface area contributed by atoms with Gasteiger partial charge < -0.3 is 15.2 Å². The van der Waals surface area contributed by atoms with Crippen molar-refractivity contribution in [1.82, 2.24) is 20.2 Å². The summed E-state index contributed by atoms with van der Waals surface area (Å²) < 4.78 is 2.24. The van der Waals surface area contributed by atoms with Crippen LogP contribution in [0.3, 0.4) is 0 Å². The molecule has 2 N–H and O–H groups in total. The first kappa shape index (κ1) is 16.5. The summed E-state index contributed by atoms with van der Waals surface area (Å²) in [5, 5.41) is 5.67. The number of hydrogen-bond acceptors (Lipinski definition) is 3. The Morgan fingerprint density at radius 2 is 1.88 bits per heavy atom. The third-order valence-corrected chi connectivity index (χ3v) is 4.18. The molecular formula is C18H24N4O2. The van der Waals surface area contributed by atoms with Crippen LogP contribution in [-0.2, 0) is 16.1 Å². The molecule has 6 heteroatoms. The van der Waals surface area contributed by atoms with Crippen LogP contribution >= 0.6 is 0 Å². The van der Waals surface area contributed by atoms with Gasteiger partial charge in [-0.3, -0.25) is 9.59 Å². The predicted molar refractivity (Wildman–Crippen MR) is 92.4 cm³/mol. The van der Waals surface area contributed by atoms with Crippen molar-refractivity contribution in [1.29, 1.82) is 0 Å². The average molecular weight is 328 g/mol. The molecular weight excluding hydrogens is 304 g/mol. The van der Waals surface area contributed by atoms with Crippen molar-refractivity contribution in [2.75, 3.05) is 6.54 Å². The van der Waals surface area contributed by atoms with Crippen LogP contribution < -0.4 is 10.6 Å². The molecule has 6 nitrogen and oxygen atoms in total. The van der Waals surface area contributed by atoms with Gasteiger partial charge in [-0.1, -0.05) is 19.1 Å². The zero-order chi connectivity index (χ0) is 16.9. The molecule has 1 fully saturated rings. The fourth-order valence-electron chi connectivity index (χ4n) is 2.81. The normalized spacial score (nSPS) is 13.9. The minimum Gasteiger partial charge on any atom is -0.356 e. The van der Waals surface area contributed by atoms with E-state index in [1.165, 1.54) is 12.8 Å². The number of hydrogen-bond donors (Lipinski definition) is 2. The molecule has 0 radical (unpaired) electrons. The first-order valence-electron chi connectivity index (χ1n) is 8.68. The van der Waals surface area contributed by atoms with Gasteiger partial charge >= 0.3 is 0 Å². The van der Waals surface area contributed by atoms with Crippen LogP contribution in [0, 0.1) is 0 Å². The average Bonchev–Trinajstić information content (AvgIpc) is 3.36. The van der Waals surface area contributed by atoms with E-state index < -0.39 is 0 Å². The van der Waals surface area contributed by atoms with Crippen LogP contribution in [0.25, 0.3) is 11.0 Å². The number of carbonyl (C=O) groups is 2. The van der Waals surface area contributed by atoms with E-state index in [1.807, 2.05) is 25.1 Å². The number of carbonyl (C=O) groups excluding carboxylic acids is 2. The topological polar surface area (TPSA) is 76.0 Å². The monoisotopic (exact) mass is 328 g/mol. The van der Waals surface area contributed by atoms with Crippen molar-refractivity contribution in [3.63, 3.8) is 0 Å². The van der Waals surface area contributed by atoms with E-state index in [0.717, 1.165) is 23.3 Å². The van der Waals surface area contributed by atoms with Gasteiger partial charge in [-0.25, -0.2) is 4.98 Å². The van der Waals surface area contributed by atoms with E-state index in [0.29, 0.717) is 19.1 Å². The summed E-state index contributed by atoms with van der Waals surface area (Å²) in [6.45, 7) is 3.06. The third-order valence-electron chi connectivity index (χ3n) is 4.18. The SMILES string of the molecule is CCCNC(=O)CCC(=O)NCc1nc2ccccc2n1C1CC1. The maximum absolute atomic E-state index is 12.0. The molecule has 24 heavy (non-hydrogen) atoms. The largest absolute Gasteiger partial charge is 0.356 e. The number of amides is 2. The van der Waals surface area contributed by atoms with Gasteiger partial charge in [-0.2, -0.15) is 0 Å². The molecule has 0 atom stereocenters. The molecule has 0 aliphatic heterocycles. The summed E-state index contributed by atoms with van der Waals surface area (Å²) in [4.78, 5) is 28.2. The number of aromatic nitrogens is 2. The Labute approximate surface area is 141 Å². The molecule has 2 aromatic rings. The van der Waals surface area contributed by atoms with Crippen molar-refractivity contribution < 1.29 is 9.59 Å². The Balaban J connectivity index is 1.56. The Morgan fingerprint density at radius 1 is 1.17 bits per heavy atom. The highest BCUT2D eigenvalue weighted by Gasteiger charge is 2.28. The summed E-state index contributed by atoms with van der Waals surface area (Å²) in [5.41, 5.74) is 2.09. The van der Waals surface area contributed by atoms with Crippen LogP contribution in [-0.4, -0.2) is 27.9 Å². The summed E-state index contributed by atoms with van der Waals surface area (Å²) in [7, 11) is 0. The van der Waals surface area contributed by atoms with Crippen molar-refractivity contribution >= 4 is 22.8 Å². The number of benzene rings is 1. The zero-order valence-corrected chi connectivity index (χ0v) is 14.0. The quantitative estimate of drug-likeness (QED) is 0.780. The molecule has 3 rings (SSSR count). The first-order chi connectivity index (χ1) is 11.7. The smallest absolute Gasteiger partial charge is 0.220 e. The van der Waals surface area contributed by atoms with Crippen molar-refractivity contribution in [3.05, 3.63) is 30.1 Å². The lowest BCUT2D eigenvalue weighted by molar-refractivity contribution is -0.126. The number of nitrogens with zero attached hydrogens (tertiary/aromatic N) is 2. The molecule has 128 valence electrons. The molecule has 1 aromatic heterocycles. The lowest BCUT2D eigenvalue weighted by atomic mass is 10.2. The van der Waals surface area contributed by atoms with E-state index in [9.17, 15) is 9.59 Å². The lowest BCUT2D eigenvalue weighted by Gasteiger charge is -2.09. The number of nitrogens with one attached hydrogen (secondary N) is 2. The fourth-order valence-corrected chi connectivity index (χ4v) is 2.81. The molecule has 0 saturated heterocycles. The van der Waals surface area contributed by atoms with E-state index >= 15 is 0 Å². The minimum absolute atomic E-state index is 0.0720. The lowest BCUT2D eigenvalue weighted by Crippen LogP contribution is -2.28. The summed E-state index contributed by atoms with van der Waals surface area (Å²) in [5.74, 6) is 0.704. The van der Waals surface area contributed by atoms with E-state index in [2.05, 4.69) is 26.3 Å². The zero-order valence-electron chi connectivity index (χ0n) is 14.0. The molecule has 1 saturated carbocycles. The van der Waals surface area contributed by atoms with Gasteiger partial charge in [0.05, 0.1) is 17.6 Å². The van der Waals surface area contributed by atoms with Gasteiger partial charge in [0.2, 0.25) is 11.8 Å². The Hall–Kier alpha value is -2.37. The highest BCUT2D eigenvalue weighted by atomic mass is 16.2. The van der Waals surface area contributed by atoms with Gasteiger partial charge in [0.25, 0.3) is 0 Å². The maximum Gasteiger partial charge on any atom is 0.220 e. The van der Waals surface area contributed by atoms with Gasteiger partial charge in [0.15, 0.2) is 0 Å². The molecule has 0 spiro atoms. The summed E-state index contributed by atoms with van der Waals surface area (Å²) in [6, 6.07) is 8.56. The maximum atomic E-state index is 12.0. The summed E-state index contributed by atoms with van der Waals surface area (Å²) >= 11 is 0. The van der Waals surface area contributed by atoms with Crippen molar-refractivity contribution in [2.24, 2.45) is 0 Å². The van der Waals surface area contributed by atoms with Crippen molar-refractivity contribution in [2.45, 2.75) is 51.6 Å². The standard InChI is InChI=1S/C18H24N4O2/c1-2-11-19-17(23)9-10-18(24)20-12-16-21-14-5-3-4-6-15(14)22(16)13-7-8-13/h3-6,13H,2,7-12H2,1H3,(H,19,23)(H,20,24). The first-order valence-corrected chi connectivity index (χ1v) is 8.68. The number of imidazole rings is 1. The molecule has 0 bridgehead atoms. The van der Waals surface area contributed by atoms with E-state index in [4.69, 9.17) is 0 Å². The molecule has 2 amide bonds. The van der Waals surface area contributed by atoms with Crippen LogP contribution in [0.2, 0.25) is 0 Å². The fraction of sp³-hybridized carbons (Fsp3) is 0.500. The van der Waals surface area contributed by atoms with Crippen LogP contribution in [0.15, 0.2) is 24.3 Å². The molecule has 1 heterocycles. The van der Waals surface area contributed by atoms with Crippen LogP contribution in [0.4, 0.5) is 0 Å². The Bertz CT molecular complexity index is 734. The second kappa shape index (κ2) is 7.47. The predicted octanol–water partition coefficient (Wildman–Crippen LogP) is 2.29. The number of fused-ring (bicyclic) bond motifs is 1. The second-order valence-electron chi connectivity index (χ2n) is 6.24. The number of para-hydroxylation sites is 2. The molecule has 1 aromatic carbocycles. The van der Waals surface area contributed by atoms with Gasteiger partial charge in [-0.15, -0.1) is 0 Å². The second-order valence-corrected chi connectivity index (χ2v) is 6.24. The molecule has 1 aliphatic rings. The van der Waals surface area contributed by atoms with Crippen LogP contribution in [0.1, 0.15) is 50.9 Å². The van der Waals surface area contributed by atoms with Crippen LogP contribution in [0.5, 0.6) is 0 Å². The molecule has 1 aliphatic carbocycles. The Morgan fingerprint density at radius 3 is 2.58 bits per heavy atom. The van der Waals surface area contributed by atoms with E-state index in [1.54, 1.807) is 0 Å². The number of rotatable bonds is 8. The van der Waals surface area contributed by atoms with Gasteiger partial charge in [-0.05, 0) is 31.4 Å². The highest BCUT2D eigenvalue weighted by Crippen LogP contribution is 2.38. The van der Waals surface area contributed by atoms with Gasteiger partial charge in [0, 0.05) is 25.4 Å². The Kier molecular flexibility index (Phi) is 5.13. The van der Waals surface area contributed by atoms with Crippen molar-refractivity contribution in [3.8, 4) is 0 Å². The third kappa shape index (κ3) is 3.93. The summed E-state index contributed by atoms with van der Waals surface area (Å²) in [6.07, 6.45) is 3.66.